The molecule has 1 aromatic heterocycles. The Bertz CT molecular complexity index is 708. The van der Waals surface area contributed by atoms with Crippen molar-refractivity contribution in [2.45, 2.75) is 12.6 Å². The Kier molecular flexibility index (Phi) is 2.77. The number of H-pyrrole nitrogens is 1. The van der Waals surface area contributed by atoms with Crippen LogP contribution in [0.25, 0.3) is 0 Å². The molecule has 1 aromatic carbocycles. The summed E-state index contributed by atoms with van der Waals surface area (Å²) in [5.74, 6) is 0.0990. The van der Waals surface area contributed by atoms with E-state index in [1.807, 2.05) is 29.4 Å². The second-order valence-corrected chi connectivity index (χ2v) is 4.50. The van der Waals surface area contributed by atoms with Crippen LogP contribution in [0, 0.1) is 0 Å². The molecule has 0 aliphatic carbocycles. The number of rotatable bonds is 1. The first kappa shape index (κ1) is 12.7. The topological polar surface area (TPSA) is 49.0 Å². The minimum Gasteiger partial charge on any atom is -0.324 e. The second kappa shape index (κ2) is 4.36. The summed E-state index contributed by atoms with van der Waals surface area (Å²) in [6.45, 7) is 0.537. The van der Waals surface area contributed by atoms with E-state index in [1.165, 1.54) is 0 Å². The Morgan fingerprint density at radius 1 is 1.25 bits per heavy atom. The molecular formula is C13H10F3N3O. The molecule has 7 heteroatoms. The summed E-state index contributed by atoms with van der Waals surface area (Å²) in [5.41, 5.74) is -0.588. The van der Waals surface area contributed by atoms with Crippen LogP contribution >= 0.6 is 0 Å². The van der Waals surface area contributed by atoms with Crippen LogP contribution in [0.2, 0.25) is 0 Å². The summed E-state index contributed by atoms with van der Waals surface area (Å²) in [5, 5.41) is 5.64. The molecule has 0 amide bonds. The van der Waals surface area contributed by atoms with E-state index >= 15 is 0 Å². The third kappa shape index (κ3) is 2.04. The molecule has 4 nitrogen and oxygen atoms in total. The van der Waals surface area contributed by atoms with Gasteiger partial charge in [-0.25, -0.2) is 5.10 Å². The number of nitrogens with one attached hydrogen (secondary N) is 1. The standard InChI is InChI=1S/C13H10F3N3O/c14-13(15,16)9-7-11(17-18-12(9)20)19-6-5-8-3-1-2-4-10(8)19/h1-4,7H,5-6H2,(H,18,20). The molecule has 0 atom stereocenters. The van der Waals surface area contributed by atoms with Gasteiger partial charge in [-0.3, -0.25) is 4.79 Å². The average Bonchev–Trinajstić information content (AvgIpc) is 2.82. The average molecular weight is 281 g/mol. The van der Waals surface area contributed by atoms with Gasteiger partial charge in [-0.1, -0.05) is 18.2 Å². The monoisotopic (exact) mass is 281 g/mol. The predicted molar refractivity (Wildman–Crippen MR) is 67.0 cm³/mol. The fraction of sp³-hybridized carbons (Fsp3) is 0.231. The SMILES string of the molecule is O=c1[nH]nc(N2CCc3ccccc32)cc1C(F)(F)F. The lowest BCUT2D eigenvalue weighted by molar-refractivity contribution is -0.138. The second-order valence-electron chi connectivity index (χ2n) is 4.50. The van der Waals surface area contributed by atoms with Crippen LogP contribution < -0.4 is 10.5 Å². The highest BCUT2D eigenvalue weighted by molar-refractivity contribution is 5.67. The highest BCUT2D eigenvalue weighted by Crippen LogP contribution is 2.34. The third-order valence-electron chi connectivity index (χ3n) is 3.26. The maximum absolute atomic E-state index is 12.7. The smallest absolute Gasteiger partial charge is 0.324 e. The molecule has 0 spiro atoms. The van der Waals surface area contributed by atoms with E-state index in [1.54, 1.807) is 4.90 Å². The molecule has 2 aromatic rings. The van der Waals surface area contributed by atoms with Crippen molar-refractivity contribution in [1.82, 2.24) is 10.2 Å². The van der Waals surface area contributed by atoms with Crippen LogP contribution in [0.5, 0.6) is 0 Å². The maximum atomic E-state index is 12.7. The zero-order chi connectivity index (χ0) is 14.3. The van der Waals surface area contributed by atoms with Crippen molar-refractivity contribution in [2.75, 3.05) is 11.4 Å². The number of nitrogens with zero attached hydrogens (tertiary/aromatic N) is 2. The van der Waals surface area contributed by atoms with Crippen molar-refractivity contribution in [3.8, 4) is 0 Å². The van der Waals surface area contributed by atoms with Gasteiger partial charge in [0.25, 0.3) is 5.56 Å². The molecule has 0 fully saturated rings. The number of alkyl halides is 3. The largest absolute Gasteiger partial charge is 0.421 e. The minimum absolute atomic E-state index is 0.0990. The van der Waals surface area contributed by atoms with Crippen molar-refractivity contribution in [3.05, 3.63) is 51.8 Å². The highest BCUT2D eigenvalue weighted by Gasteiger charge is 2.35. The van der Waals surface area contributed by atoms with Crippen LogP contribution in [-0.4, -0.2) is 16.7 Å². The summed E-state index contributed by atoms with van der Waals surface area (Å²) in [4.78, 5) is 12.9. The fourth-order valence-corrected chi connectivity index (χ4v) is 2.32. The van der Waals surface area contributed by atoms with Crippen molar-refractivity contribution in [3.63, 3.8) is 0 Å². The van der Waals surface area contributed by atoms with Gasteiger partial charge in [0, 0.05) is 18.3 Å². The van der Waals surface area contributed by atoms with Crippen LogP contribution in [0.1, 0.15) is 11.1 Å². The van der Waals surface area contributed by atoms with E-state index < -0.39 is 17.3 Å². The molecule has 2 heterocycles. The summed E-state index contributed by atoms with van der Waals surface area (Å²) < 4.78 is 38.2. The number of anilines is 2. The molecular weight excluding hydrogens is 271 g/mol. The molecule has 1 aliphatic heterocycles. The summed E-state index contributed by atoms with van der Waals surface area (Å²) >= 11 is 0. The number of aromatic nitrogens is 2. The van der Waals surface area contributed by atoms with Crippen LogP contribution in [0.4, 0.5) is 24.7 Å². The summed E-state index contributed by atoms with van der Waals surface area (Å²) in [6.07, 6.45) is -3.96. The van der Waals surface area contributed by atoms with Crippen molar-refractivity contribution >= 4 is 11.5 Å². The van der Waals surface area contributed by atoms with E-state index in [-0.39, 0.29) is 5.82 Å². The minimum atomic E-state index is -4.69. The van der Waals surface area contributed by atoms with Gasteiger partial charge in [-0.2, -0.15) is 18.3 Å². The van der Waals surface area contributed by atoms with Gasteiger partial charge in [-0.15, -0.1) is 0 Å². The molecule has 0 unspecified atom stereocenters. The first-order valence-corrected chi connectivity index (χ1v) is 5.99. The molecule has 0 radical (unpaired) electrons. The van der Waals surface area contributed by atoms with Crippen LogP contribution in [0.15, 0.2) is 35.1 Å². The van der Waals surface area contributed by atoms with E-state index in [2.05, 4.69) is 5.10 Å². The summed E-state index contributed by atoms with van der Waals surface area (Å²) in [7, 11) is 0. The van der Waals surface area contributed by atoms with Gasteiger partial charge in [0.05, 0.1) is 0 Å². The van der Waals surface area contributed by atoms with E-state index in [9.17, 15) is 18.0 Å². The number of hydrogen-bond donors (Lipinski definition) is 1. The lowest BCUT2D eigenvalue weighted by atomic mass is 10.2. The molecule has 0 saturated carbocycles. The molecule has 104 valence electrons. The predicted octanol–water partition coefficient (Wildman–Crippen LogP) is 2.48. The fourth-order valence-electron chi connectivity index (χ4n) is 2.32. The molecule has 0 bridgehead atoms. The normalized spacial score (nSPS) is 14.4. The first-order chi connectivity index (χ1) is 9.47. The highest BCUT2D eigenvalue weighted by atomic mass is 19.4. The van der Waals surface area contributed by atoms with Crippen molar-refractivity contribution in [1.29, 1.82) is 0 Å². The van der Waals surface area contributed by atoms with E-state index in [4.69, 9.17) is 0 Å². The van der Waals surface area contributed by atoms with Gasteiger partial charge in [0.2, 0.25) is 0 Å². The Morgan fingerprint density at radius 2 is 2.00 bits per heavy atom. The Morgan fingerprint density at radius 3 is 2.75 bits per heavy atom. The summed E-state index contributed by atoms with van der Waals surface area (Å²) in [6, 6.07) is 8.23. The Labute approximate surface area is 111 Å². The van der Waals surface area contributed by atoms with Gasteiger partial charge in [-0.05, 0) is 18.1 Å². The molecule has 0 saturated heterocycles. The zero-order valence-electron chi connectivity index (χ0n) is 10.2. The molecule has 20 heavy (non-hydrogen) atoms. The van der Waals surface area contributed by atoms with Crippen molar-refractivity contribution < 1.29 is 13.2 Å². The number of halogens is 3. The van der Waals surface area contributed by atoms with Crippen LogP contribution in [-0.2, 0) is 12.6 Å². The van der Waals surface area contributed by atoms with Gasteiger partial charge in [0.15, 0.2) is 5.82 Å². The lowest BCUT2D eigenvalue weighted by Gasteiger charge is -2.18. The van der Waals surface area contributed by atoms with Gasteiger partial charge >= 0.3 is 6.18 Å². The number of fused-ring (bicyclic) bond motifs is 1. The Hall–Kier alpha value is -2.31. The zero-order valence-corrected chi connectivity index (χ0v) is 10.2. The number of para-hydroxylation sites is 1. The quantitative estimate of drug-likeness (QED) is 0.873. The van der Waals surface area contributed by atoms with Crippen LogP contribution in [0.3, 0.4) is 0 Å². The third-order valence-corrected chi connectivity index (χ3v) is 3.26. The van der Waals surface area contributed by atoms with Gasteiger partial charge in [0.1, 0.15) is 5.56 Å². The molecule has 1 aliphatic rings. The first-order valence-electron chi connectivity index (χ1n) is 5.99. The van der Waals surface area contributed by atoms with Crippen molar-refractivity contribution in [2.24, 2.45) is 0 Å². The van der Waals surface area contributed by atoms with E-state index in [0.29, 0.717) is 6.54 Å². The molecule has 1 N–H and O–H groups in total. The lowest BCUT2D eigenvalue weighted by Crippen LogP contribution is -2.25. The molecule has 3 rings (SSSR count). The Balaban J connectivity index is 2.07. The number of aromatic amines is 1. The maximum Gasteiger partial charge on any atom is 0.421 e. The van der Waals surface area contributed by atoms with E-state index in [0.717, 1.165) is 23.7 Å². The van der Waals surface area contributed by atoms with Gasteiger partial charge < -0.3 is 4.90 Å². The number of hydrogen-bond acceptors (Lipinski definition) is 3. The number of benzene rings is 1.